The largest absolute Gasteiger partial charge is 0.344 e. The molecule has 1 N–H and O–H groups in total. The van der Waals surface area contributed by atoms with Crippen molar-refractivity contribution < 1.29 is 9.59 Å². The van der Waals surface area contributed by atoms with E-state index in [9.17, 15) is 9.59 Å². The second-order valence-corrected chi connectivity index (χ2v) is 9.95. The minimum Gasteiger partial charge on any atom is -0.344 e. The minimum absolute atomic E-state index is 0.00217. The highest BCUT2D eigenvalue weighted by Crippen LogP contribution is 2.41. The fourth-order valence-corrected chi connectivity index (χ4v) is 5.82. The van der Waals surface area contributed by atoms with Crippen LogP contribution < -0.4 is 0 Å². The Morgan fingerprint density at radius 1 is 1.03 bits per heavy atom. The Morgan fingerprint density at radius 2 is 1.74 bits per heavy atom. The molecule has 2 aromatic carbocycles. The van der Waals surface area contributed by atoms with Crippen LogP contribution in [-0.4, -0.2) is 57.5 Å². The van der Waals surface area contributed by atoms with Crippen molar-refractivity contribution in [1.29, 1.82) is 0 Å². The third-order valence-corrected chi connectivity index (χ3v) is 7.64. The lowest BCUT2D eigenvalue weighted by atomic mass is 9.84. The number of nitrogens with zero attached hydrogens (tertiary/aromatic N) is 3. The van der Waals surface area contributed by atoms with Gasteiger partial charge in [-0.25, -0.2) is 0 Å². The van der Waals surface area contributed by atoms with E-state index in [1.165, 1.54) is 6.42 Å². The van der Waals surface area contributed by atoms with Gasteiger partial charge in [-0.15, -0.1) is 0 Å². The van der Waals surface area contributed by atoms with Gasteiger partial charge in [0.05, 0.1) is 5.69 Å². The lowest BCUT2D eigenvalue weighted by Crippen LogP contribution is -2.50. The zero-order valence-corrected chi connectivity index (χ0v) is 20.4. The van der Waals surface area contributed by atoms with E-state index in [0.717, 1.165) is 55.5 Å². The van der Waals surface area contributed by atoms with Crippen LogP contribution in [0.4, 0.5) is 0 Å². The van der Waals surface area contributed by atoms with Crippen molar-refractivity contribution >= 4 is 11.8 Å². The van der Waals surface area contributed by atoms with Gasteiger partial charge in [0, 0.05) is 36.5 Å². The maximum Gasteiger partial charge on any atom is 0.254 e. The second kappa shape index (κ2) is 10.5. The maximum atomic E-state index is 13.6. The standard InChI is InChI=1S/C29H34N4O2/c1-32(18-10-16-24-20-25(31-30-24)21-11-4-2-5-12-21)29(35)27-19-23-15-8-9-17-26(23)33(27)28(34)22-13-6-3-7-14-22/h2-7,11-14,20,23,26-27H,8-10,15-19H2,1H3,(H,30,31). The fourth-order valence-electron chi connectivity index (χ4n) is 5.82. The van der Waals surface area contributed by atoms with Crippen LogP contribution in [0.1, 0.15) is 54.6 Å². The molecular weight excluding hydrogens is 436 g/mol. The van der Waals surface area contributed by atoms with Crippen LogP contribution in [0.25, 0.3) is 11.3 Å². The number of likely N-dealkylation sites (tertiary alicyclic amines) is 1. The number of fused-ring (bicyclic) bond motifs is 1. The summed E-state index contributed by atoms with van der Waals surface area (Å²) >= 11 is 0. The Morgan fingerprint density at radius 3 is 2.51 bits per heavy atom. The highest BCUT2D eigenvalue weighted by Gasteiger charge is 2.48. The number of H-pyrrole nitrogens is 1. The zero-order chi connectivity index (χ0) is 24.2. The first kappa shape index (κ1) is 23.3. The van der Waals surface area contributed by atoms with Crippen LogP contribution in [-0.2, 0) is 11.2 Å². The van der Waals surface area contributed by atoms with Gasteiger partial charge in [-0.1, -0.05) is 61.4 Å². The van der Waals surface area contributed by atoms with Gasteiger partial charge in [0.1, 0.15) is 6.04 Å². The van der Waals surface area contributed by atoms with Crippen molar-refractivity contribution in [2.45, 2.75) is 57.0 Å². The molecule has 6 nitrogen and oxygen atoms in total. The number of rotatable bonds is 7. The molecule has 3 atom stereocenters. The number of carbonyl (C=O) groups is 2. The van der Waals surface area contributed by atoms with Crippen LogP contribution in [0.3, 0.4) is 0 Å². The van der Waals surface area contributed by atoms with Gasteiger partial charge >= 0.3 is 0 Å². The predicted octanol–water partition coefficient (Wildman–Crippen LogP) is 4.94. The van der Waals surface area contributed by atoms with E-state index in [4.69, 9.17) is 0 Å². The molecule has 1 aliphatic heterocycles. The number of carbonyl (C=O) groups excluding carboxylic acids is 2. The van der Waals surface area contributed by atoms with Gasteiger partial charge in [-0.3, -0.25) is 14.7 Å². The Hall–Kier alpha value is -3.41. The van der Waals surface area contributed by atoms with E-state index < -0.39 is 0 Å². The summed E-state index contributed by atoms with van der Waals surface area (Å²) in [5.74, 6) is 0.496. The monoisotopic (exact) mass is 470 g/mol. The van der Waals surface area contributed by atoms with E-state index in [-0.39, 0.29) is 23.9 Å². The molecule has 1 aliphatic carbocycles. The van der Waals surface area contributed by atoms with Crippen molar-refractivity contribution in [3.05, 3.63) is 78.0 Å². The normalized spacial score (nSPS) is 21.5. The zero-order valence-electron chi connectivity index (χ0n) is 20.4. The molecule has 0 bridgehead atoms. The van der Waals surface area contributed by atoms with E-state index in [0.29, 0.717) is 18.0 Å². The van der Waals surface area contributed by atoms with E-state index in [1.807, 2.05) is 77.5 Å². The highest BCUT2D eigenvalue weighted by molar-refractivity contribution is 5.98. The number of likely N-dealkylation sites (N-methyl/N-ethyl adjacent to an activating group) is 1. The summed E-state index contributed by atoms with van der Waals surface area (Å²) < 4.78 is 0. The lowest BCUT2D eigenvalue weighted by Gasteiger charge is -2.34. The summed E-state index contributed by atoms with van der Waals surface area (Å²) in [6, 6.07) is 21.4. The van der Waals surface area contributed by atoms with Crippen molar-refractivity contribution in [3.8, 4) is 11.3 Å². The van der Waals surface area contributed by atoms with Gasteiger partial charge in [0.25, 0.3) is 5.91 Å². The predicted molar refractivity (Wildman–Crippen MR) is 137 cm³/mol. The number of benzene rings is 2. The summed E-state index contributed by atoms with van der Waals surface area (Å²) in [6.45, 7) is 0.651. The maximum absolute atomic E-state index is 13.6. The van der Waals surface area contributed by atoms with Gasteiger partial charge in [-0.2, -0.15) is 5.10 Å². The van der Waals surface area contributed by atoms with Crippen molar-refractivity contribution in [3.63, 3.8) is 0 Å². The number of amides is 2. The number of hydrogen-bond donors (Lipinski definition) is 1. The number of hydrogen-bond acceptors (Lipinski definition) is 3. The van der Waals surface area contributed by atoms with Crippen LogP contribution in [0, 0.1) is 5.92 Å². The number of aromatic amines is 1. The molecule has 35 heavy (non-hydrogen) atoms. The highest BCUT2D eigenvalue weighted by atomic mass is 16.2. The first-order valence-electron chi connectivity index (χ1n) is 12.8. The molecule has 3 aromatic rings. The van der Waals surface area contributed by atoms with Gasteiger partial charge < -0.3 is 9.80 Å². The molecule has 2 aliphatic rings. The average molecular weight is 471 g/mol. The minimum atomic E-state index is -0.363. The van der Waals surface area contributed by atoms with Crippen LogP contribution >= 0.6 is 0 Å². The van der Waals surface area contributed by atoms with Crippen molar-refractivity contribution in [2.24, 2.45) is 5.92 Å². The molecule has 6 heteroatoms. The van der Waals surface area contributed by atoms with E-state index in [1.54, 1.807) is 0 Å². The van der Waals surface area contributed by atoms with Crippen LogP contribution in [0.2, 0.25) is 0 Å². The van der Waals surface area contributed by atoms with Gasteiger partial charge in [-0.05, 0) is 56.2 Å². The average Bonchev–Trinajstić information content (AvgIpc) is 3.54. The Bertz CT molecular complexity index is 1140. The summed E-state index contributed by atoms with van der Waals surface area (Å²) in [7, 11) is 1.87. The molecule has 2 amide bonds. The molecule has 1 aromatic heterocycles. The molecule has 3 unspecified atom stereocenters. The molecule has 1 saturated heterocycles. The van der Waals surface area contributed by atoms with Crippen LogP contribution in [0.15, 0.2) is 66.7 Å². The SMILES string of the molecule is CN(CCCc1cc(-c2ccccc2)n[nH]1)C(=O)C1CC2CCCCC2N1C(=O)c1ccccc1. The molecule has 0 spiro atoms. The van der Waals surface area contributed by atoms with Gasteiger partial charge in [0.15, 0.2) is 0 Å². The molecule has 182 valence electrons. The smallest absolute Gasteiger partial charge is 0.254 e. The van der Waals surface area contributed by atoms with Crippen molar-refractivity contribution in [2.75, 3.05) is 13.6 Å². The molecule has 1 saturated carbocycles. The van der Waals surface area contributed by atoms with Crippen molar-refractivity contribution in [1.82, 2.24) is 20.0 Å². The topological polar surface area (TPSA) is 69.3 Å². The molecule has 2 heterocycles. The molecular formula is C29H34N4O2. The molecule has 5 rings (SSSR count). The summed E-state index contributed by atoms with van der Waals surface area (Å²) in [4.78, 5) is 30.8. The van der Waals surface area contributed by atoms with Gasteiger partial charge in [0.2, 0.25) is 5.91 Å². The number of aromatic nitrogens is 2. The third-order valence-electron chi connectivity index (χ3n) is 7.64. The third kappa shape index (κ3) is 5.02. The number of nitrogens with one attached hydrogen (secondary N) is 1. The Labute approximate surface area is 207 Å². The first-order valence-corrected chi connectivity index (χ1v) is 12.8. The van der Waals surface area contributed by atoms with E-state index in [2.05, 4.69) is 16.3 Å². The summed E-state index contributed by atoms with van der Waals surface area (Å²) in [6.07, 6.45) is 6.88. The number of aryl methyl sites for hydroxylation is 1. The van der Waals surface area contributed by atoms with Crippen LogP contribution in [0.5, 0.6) is 0 Å². The summed E-state index contributed by atoms with van der Waals surface area (Å²) in [5.41, 5.74) is 3.77. The second-order valence-electron chi connectivity index (χ2n) is 9.95. The Balaban J connectivity index is 1.22. The first-order chi connectivity index (χ1) is 17.1. The van der Waals surface area contributed by atoms with E-state index >= 15 is 0 Å². The molecule has 0 radical (unpaired) electrons. The Kier molecular flexibility index (Phi) is 6.98. The molecule has 2 fully saturated rings. The lowest BCUT2D eigenvalue weighted by molar-refractivity contribution is -0.134. The summed E-state index contributed by atoms with van der Waals surface area (Å²) in [5, 5.41) is 7.56. The fraction of sp³-hybridized carbons (Fsp3) is 0.414. The quantitative estimate of drug-likeness (QED) is 0.532.